The smallest absolute Gasteiger partial charge is 0.194 e. The lowest BCUT2D eigenvalue weighted by Crippen LogP contribution is -2.43. The number of rotatable bonds is 1. The van der Waals surface area contributed by atoms with E-state index in [0.29, 0.717) is 13.0 Å². The van der Waals surface area contributed by atoms with Crippen molar-refractivity contribution in [3.8, 4) is 0 Å². The Morgan fingerprint density at radius 1 is 1.80 bits per heavy atom. The van der Waals surface area contributed by atoms with Crippen molar-refractivity contribution in [3.05, 3.63) is 10.1 Å². The minimum absolute atomic E-state index is 0.274. The summed E-state index contributed by atoms with van der Waals surface area (Å²) >= 11 is 0. The number of hydrogen-bond donors (Lipinski definition) is 2. The van der Waals surface area contributed by atoms with Gasteiger partial charge in [0, 0.05) is 6.42 Å². The molecule has 0 saturated carbocycles. The summed E-state index contributed by atoms with van der Waals surface area (Å²) in [7, 11) is 0. The summed E-state index contributed by atoms with van der Waals surface area (Å²) in [6.07, 6.45) is 0.425. The van der Waals surface area contributed by atoms with E-state index in [1.165, 1.54) is 0 Å². The number of nitrogens with one attached hydrogen (secondary N) is 2. The lowest BCUT2D eigenvalue weighted by molar-refractivity contribution is -0.485. The fraction of sp³-hybridized carbons (Fsp3) is 0.667. The summed E-state index contributed by atoms with van der Waals surface area (Å²) in [4.78, 5) is 14.4. The van der Waals surface area contributed by atoms with Gasteiger partial charge in [0.05, 0.1) is 11.7 Å². The monoisotopic (exact) mass is 146 g/mol. The van der Waals surface area contributed by atoms with E-state index >= 15 is 0 Å². The highest BCUT2D eigenvalue weighted by Gasteiger charge is 2.08. The zero-order valence-electron chi connectivity index (χ0n) is 5.03. The molecule has 7 heteroatoms. The molecular formula is C3H6N4O3. The van der Waals surface area contributed by atoms with E-state index in [2.05, 4.69) is 21.0 Å². The number of hydrogen-bond acceptors (Lipinski definition) is 4. The first-order valence-electron chi connectivity index (χ1n) is 2.64. The van der Waals surface area contributed by atoms with Gasteiger partial charge < -0.3 is 0 Å². The zero-order valence-corrected chi connectivity index (χ0v) is 5.03. The van der Waals surface area contributed by atoms with Gasteiger partial charge in [-0.1, -0.05) is 0 Å². The molecule has 1 saturated heterocycles. The van der Waals surface area contributed by atoms with Gasteiger partial charge in [0.25, 0.3) is 0 Å². The Balaban J connectivity index is 2.45. The van der Waals surface area contributed by atoms with E-state index in [4.69, 9.17) is 0 Å². The first-order chi connectivity index (χ1) is 4.79. The predicted octanol–water partition coefficient (Wildman–Crippen LogP) is -0.994. The van der Waals surface area contributed by atoms with Crippen LogP contribution in [-0.4, -0.2) is 17.5 Å². The molecule has 0 amide bonds. The largest absolute Gasteiger partial charge is 0.282 e. The van der Waals surface area contributed by atoms with Gasteiger partial charge in [0.15, 0.2) is 10.9 Å². The molecule has 0 spiro atoms. The van der Waals surface area contributed by atoms with Crippen LogP contribution in [0.5, 0.6) is 0 Å². The molecule has 1 rings (SSSR count). The summed E-state index contributed by atoms with van der Waals surface area (Å²) in [6.45, 7) is 0.389. The Hall–Kier alpha value is -1.21. The van der Waals surface area contributed by atoms with Crippen LogP contribution in [-0.2, 0) is 4.84 Å². The van der Waals surface area contributed by atoms with Crippen LogP contribution < -0.4 is 11.0 Å². The Morgan fingerprint density at radius 3 is 3.10 bits per heavy atom. The van der Waals surface area contributed by atoms with Crippen molar-refractivity contribution < 1.29 is 9.87 Å². The maximum atomic E-state index is 9.78. The van der Waals surface area contributed by atoms with Crippen molar-refractivity contribution >= 4 is 5.84 Å². The second kappa shape index (κ2) is 3.08. The van der Waals surface area contributed by atoms with Crippen LogP contribution in [0.4, 0.5) is 0 Å². The maximum Gasteiger partial charge on any atom is 0.194 e. The Morgan fingerprint density at radius 2 is 2.60 bits per heavy atom. The molecule has 0 unspecified atom stereocenters. The van der Waals surface area contributed by atoms with Crippen molar-refractivity contribution in [2.75, 3.05) is 6.61 Å². The highest BCUT2D eigenvalue weighted by atomic mass is 16.7. The van der Waals surface area contributed by atoms with E-state index in [1.807, 2.05) is 0 Å². The molecule has 56 valence electrons. The van der Waals surface area contributed by atoms with Crippen molar-refractivity contribution in [3.63, 3.8) is 0 Å². The average molecular weight is 146 g/mol. The first-order valence-corrected chi connectivity index (χ1v) is 2.64. The first kappa shape index (κ1) is 6.90. The molecule has 1 fully saturated rings. The lowest BCUT2D eigenvalue weighted by atomic mass is 10.4. The lowest BCUT2D eigenvalue weighted by Gasteiger charge is -2.13. The molecule has 0 aliphatic carbocycles. The van der Waals surface area contributed by atoms with Crippen molar-refractivity contribution in [2.45, 2.75) is 6.42 Å². The maximum absolute atomic E-state index is 9.78. The van der Waals surface area contributed by atoms with Crippen LogP contribution in [0.25, 0.3) is 0 Å². The molecule has 1 heterocycles. The van der Waals surface area contributed by atoms with Gasteiger partial charge in [0.1, 0.15) is 0 Å². The van der Waals surface area contributed by atoms with Gasteiger partial charge in [-0.05, 0) is 0 Å². The van der Waals surface area contributed by atoms with Crippen LogP contribution in [0, 0.1) is 10.1 Å². The normalized spacial score (nSPS) is 22.2. The highest BCUT2D eigenvalue weighted by Crippen LogP contribution is 1.88. The van der Waals surface area contributed by atoms with Gasteiger partial charge in [0.2, 0.25) is 0 Å². The zero-order chi connectivity index (χ0) is 7.40. The topological polar surface area (TPSA) is 88.8 Å². The van der Waals surface area contributed by atoms with E-state index in [0.717, 1.165) is 0 Å². The summed E-state index contributed by atoms with van der Waals surface area (Å²) < 4.78 is 0. The number of nitro groups is 1. The molecule has 10 heavy (non-hydrogen) atoms. The Kier molecular flexibility index (Phi) is 2.13. The van der Waals surface area contributed by atoms with E-state index in [9.17, 15) is 10.1 Å². The quantitative estimate of drug-likeness (QED) is 0.366. The molecule has 0 aromatic heterocycles. The third kappa shape index (κ3) is 1.96. The molecular weight excluding hydrogens is 140 g/mol. The van der Waals surface area contributed by atoms with Crippen molar-refractivity contribution in [2.24, 2.45) is 5.10 Å². The molecule has 0 bridgehead atoms. The van der Waals surface area contributed by atoms with Gasteiger partial charge in [-0.25, -0.2) is 10.1 Å². The molecule has 0 aromatic carbocycles. The number of hydrazine groups is 1. The third-order valence-electron chi connectivity index (χ3n) is 0.911. The summed E-state index contributed by atoms with van der Waals surface area (Å²) in [5.41, 5.74) is 4.64. The standard InChI is InChI=1S/C3H6N4O3/c8-7(9)5-3-1-2-10-6-4-3/h6H,1-2H2,(H,4,5). The number of nitrogens with zero attached hydrogens (tertiary/aromatic N) is 2. The van der Waals surface area contributed by atoms with Gasteiger partial charge in [-0.15, -0.1) is 5.59 Å². The van der Waals surface area contributed by atoms with Crippen molar-refractivity contribution in [1.29, 1.82) is 0 Å². The molecule has 0 radical (unpaired) electrons. The third-order valence-corrected chi connectivity index (χ3v) is 0.911. The van der Waals surface area contributed by atoms with Crippen LogP contribution in [0.1, 0.15) is 6.42 Å². The molecule has 0 atom stereocenters. The highest BCUT2D eigenvalue weighted by molar-refractivity contribution is 5.81. The fourth-order valence-electron chi connectivity index (χ4n) is 0.530. The minimum Gasteiger partial charge on any atom is -0.282 e. The van der Waals surface area contributed by atoms with Gasteiger partial charge in [-0.3, -0.25) is 10.3 Å². The average Bonchev–Trinajstić information content (AvgIpc) is 1.88. The van der Waals surface area contributed by atoms with Gasteiger partial charge >= 0.3 is 0 Å². The predicted molar refractivity (Wildman–Crippen MR) is 31.3 cm³/mol. The molecule has 0 aromatic rings. The molecule has 1 aliphatic rings. The Bertz CT molecular complexity index is 159. The SMILES string of the molecule is O=[N+]([O-])N=C1CCONN1. The number of hydrazone groups is 1. The number of amidine groups is 1. The summed E-state index contributed by atoms with van der Waals surface area (Å²) in [6, 6.07) is 0. The molecule has 2 N–H and O–H groups in total. The van der Waals surface area contributed by atoms with Crippen LogP contribution >= 0.6 is 0 Å². The fourth-order valence-corrected chi connectivity index (χ4v) is 0.530. The second-order valence-corrected chi connectivity index (χ2v) is 1.61. The minimum atomic E-state index is -0.755. The van der Waals surface area contributed by atoms with Crippen LogP contribution in [0.3, 0.4) is 0 Å². The molecule has 1 aliphatic heterocycles. The van der Waals surface area contributed by atoms with Crippen LogP contribution in [0.2, 0.25) is 0 Å². The van der Waals surface area contributed by atoms with E-state index < -0.39 is 5.03 Å². The summed E-state index contributed by atoms with van der Waals surface area (Å²) in [5, 5.41) is 12.0. The van der Waals surface area contributed by atoms with E-state index in [1.54, 1.807) is 0 Å². The van der Waals surface area contributed by atoms with Crippen molar-refractivity contribution in [1.82, 2.24) is 11.0 Å². The second-order valence-electron chi connectivity index (χ2n) is 1.61. The Labute approximate surface area is 56.1 Å². The molecule has 7 nitrogen and oxygen atoms in total. The summed E-state index contributed by atoms with van der Waals surface area (Å²) in [5.74, 6) is 0.274. The van der Waals surface area contributed by atoms with Crippen LogP contribution in [0.15, 0.2) is 5.10 Å². The van der Waals surface area contributed by atoms with E-state index in [-0.39, 0.29) is 5.84 Å². The van der Waals surface area contributed by atoms with Gasteiger partial charge in [-0.2, -0.15) is 0 Å².